The maximum atomic E-state index is 14.4. The summed E-state index contributed by atoms with van der Waals surface area (Å²) in [7, 11) is 0. The van der Waals surface area contributed by atoms with E-state index in [-0.39, 0.29) is 6.42 Å². The molecule has 0 aliphatic rings. The van der Waals surface area contributed by atoms with Crippen LogP contribution in [0.5, 0.6) is 0 Å². The molecule has 0 spiro atoms. The highest BCUT2D eigenvalue weighted by Gasteiger charge is 2.39. The van der Waals surface area contributed by atoms with E-state index in [9.17, 15) is 43.9 Å². The van der Waals surface area contributed by atoms with Gasteiger partial charge in [0.1, 0.15) is 0 Å². The van der Waals surface area contributed by atoms with Crippen LogP contribution in [0.25, 0.3) is 0 Å². The van der Waals surface area contributed by atoms with Gasteiger partial charge in [-0.15, -0.1) is 0 Å². The Hall–Kier alpha value is -2.98. The molecule has 0 radical (unpaired) electrons. The van der Waals surface area contributed by atoms with Crippen LogP contribution in [0.15, 0.2) is 30.3 Å². The molecule has 31 heavy (non-hydrogen) atoms. The molecular formula is C20H9BF10. The molecule has 3 aromatic carbocycles. The number of hydrogen-bond acceptors (Lipinski definition) is 0. The largest absolute Gasteiger partial charge is 0.225 e. The van der Waals surface area contributed by atoms with E-state index in [0.717, 1.165) is 0 Å². The van der Waals surface area contributed by atoms with E-state index in [2.05, 4.69) is 0 Å². The molecule has 0 unspecified atom stereocenters. The van der Waals surface area contributed by atoms with E-state index >= 15 is 0 Å². The van der Waals surface area contributed by atoms with Crippen LogP contribution >= 0.6 is 0 Å². The second-order valence-electron chi connectivity index (χ2n) is 6.54. The summed E-state index contributed by atoms with van der Waals surface area (Å²) in [4.78, 5) is 0. The summed E-state index contributed by atoms with van der Waals surface area (Å²) in [5.41, 5.74) is -2.98. The van der Waals surface area contributed by atoms with Gasteiger partial charge in [0.2, 0.25) is 6.71 Å². The van der Waals surface area contributed by atoms with Crippen LogP contribution in [0.1, 0.15) is 5.56 Å². The lowest BCUT2D eigenvalue weighted by molar-refractivity contribution is 0.382. The van der Waals surface area contributed by atoms with Crippen molar-refractivity contribution >= 4 is 17.6 Å². The quantitative estimate of drug-likeness (QED) is 0.224. The van der Waals surface area contributed by atoms with Crippen LogP contribution in [0.2, 0.25) is 6.32 Å². The predicted molar refractivity (Wildman–Crippen MR) is 92.4 cm³/mol. The van der Waals surface area contributed by atoms with Crippen LogP contribution in [-0.2, 0) is 6.42 Å². The van der Waals surface area contributed by atoms with Gasteiger partial charge >= 0.3 is 0 Å². The van der Waals surface area contributed by atoms with Crippen molar-refractivity contribution in [2.45, 2.75) is 12.7 Å². The van der Waals surface area contributed by atoms with Crippen molar-refractivity contribution in [2.75, 3.05) is 0 Å². The third kappa shape index (κ3) is 3.88. The first-order valence-corrected chi connectivity index (χ1v) is 8.64. The molecule has 3 aromatic rings. The second kappa shape index (κ2) is 8.64. The van der Waals surface area contributed by atoms with E-state index in [1.807, 2.05) is 0 Å². The summed E-state index contributed by atoms with van der Waals surface area (Å²) in [6.07, 6.45) is -0.981. The van der Waals surface area contributed by atoms with E-state index in [0.29, 0.717) is 5.56 Å². The second-order valence-corrected chi connectivity index (χ2v) is 6.54. The summed E-state index contributed by atoms with van der Waals surface area (Å²) in [5, 5.41) is 0. The van der Waals surface area contributed by atoms with Gasteiger partial charge in [-0.1, -0.05) is 36.7 Å². The molecule has 3 rings (SSSR count). The lowest BCUT2D eigenvalue weighted by Crippen LogP contribution is -2.51. The summed E-state index contributed by atoms with van der Waals surface area (Å²) >= 11 is 0. The molecule has 11 heteroatoms. The molecule has 0 nitrogen and oxygen atoms in total. The fourth-order valence-electron chi connectivity index (χ4n) is 3.24. The van der Waals surface area contributed by atoms with Crippen molar-refractivity contribution in [3.05, 3.63) is 94.1 Å². The molecule has 0 aromatic heterocycles. The predicted octanol–water partition coefficient (Wildman–Crippen LogP) is 4.93. The van der Waals surface area contributed by atoms with Gasteiger partial charge < -0.3 is 0 Å². The Morgan fingerprint density at radius 2 is 0.774 bits per heavy atom. The Morgan fingerprint density at radius 3 is 1.13 bits per heavy atom. The minimum atomic E-state index is -2.53. The number of benzene rings is 3. The fourth-order valence-corrected chi connectivity index (χ4v) is 3.24. The molecular weight excluding hydrogens is 441 g/mol. The normalized spacial score (nSPS) is 11.2. The Morgan fingerprint density at radius 1 is 0.452 bits per heavy atom. The van der Waals surface area contributed by atoms with E-state index in [1.54, 1.807) is 6.07 Å². The van der Waals surface area contributed by atoms with Crippen molar-refractivity contribution < 1.29 is 43.9 Å². The Balaban J connectivity index is 2.29. The van der Waals surface area contributed by atoms with Crippen molar-refractivity contribution in [3.63, 3.8) is 0 Å². The number of hydrogen-bond donors (Lipinski definition) is 0. The summed E-state index contributed by atoms with van der Waals surface area (Å²) in [5.74, 6) is -24.4. The third-order valence-electron chi connectivity index (χ3n) is 4.75. The van der Waals surface area contributed by atoms with Crippen molar-refractivity contribution in [2.24, 2.45) is 0 Å². The van der Waals surface area contributed by atoms with Gasteiger partial charge in [-0.3, -0.25) is 0 Å². The molecule has 162 valence electrons. The van der Waals surface area contributed by atoms with Crippen molar-refractivity contribution in [3.8, 4) is 0 Å². The van der Waals surface area contributed by atoms with Crippen LogP contribution in [0.3, 0.4) is 0 Å². The molecule has 0 saturated carbocycles. The Bertz CT molecular complexity index is 1020. The first-order valence-electron chi connectivity index (χ1n) is 8.64. The third-order valence-corrected chi connectivity index (χ3v) is 4.75. The van der Waals surface area contributed by atoms with Crippen LogP contribution < -0.4 is 10.9 Å². The average Bonchev–Trinajstić information content (AvgIpc) is 2.77. The highest BCUT2D eigenvalue weighted by Crippen LogP contribution is 2.22. The molecule has 0 N–H and O–H groups in total. The van der Waals surface area contributed by atoms with Gasteiger partial charge in [0.25, 0.3) is 0 Å². The number of halogens is 10. The van der Waals surface area contributed by atoms with E-state index in [1.165, 1.54) is 24.3 Å². The number of aryl methyl sites for hydroxylation is 1. The van der Waals surface area contributed by atoms with E-state index in [4.69, 9.17) is 0 Å². The van der Waals surface area contributed by atoms with Crippen molar-refractivity contribution in [1.29, 1.82) is 0 Å². The first-order chi connectivity index (χ1) is 14.6. The average molecular weight is 450 g/mol. The first kappa shape index (κ1) is 22.7. The molecule has 0 fully saturated rings. The van der Waals surface area contributed by atoms with Gasteiger partial charge in [0.15, 0.2) is 58.2 Å². The summed E-state index contributed by atoms with van der Waals surface area (Å²) in [6.45, 7) is -2.38. The van der Waals surface area contributed by atoms with Crippen molar-refractivity contribution in [1.82, 2.24) is 0 Å². The van der Waals surface area contributed by atoms with Gasteiger partial charge in [-0.05, 0) is 12.0 Å². The highest BCUT2D eigenvalue weighted by atomic mass is 19.2. The monoisotopic (exact) mass is 450 g/mol. The number of rotatable bonds is 5. The Labute approximate surface area is 169 Å². The molecule has 0 aliphatic heterocycles. The van der Waals surface area contributed by atoms with E-state index < -0.39 is 82.1 Å². The standard InChI is InChI=1S/C20H9BF10/c22-11-9(12(23)16(27)19(30)15(11)26)21(7-6-8-4-2-1-3-5-8)10-13(24)17(28)20(31)18(29)14(10)25/h1-5H,6-7H2. The molecule has 0 atom stereocenters. The van der Waals surface area contributed by atoms with Gasteiger partial charge in [-0.2, -0.15) is 0 Å². The molecule has 0 heterocycles. The topological polar surface area (TPSA) is 0 Å². The van der Waals surface area contributed by atoms with Gasteiger partial charge in [0.05, 0.1) is 0 Å². The SMILES string of the molecule is Fc1c(F)c(F)c(B(CCc2ccccc2)c2c(F)c(F)c(F)c(F)c2F)c(F)c1F. The molecule has 0 saturated heterocycles. The molecule has 0 aliphatic carbocycles. The summed E-state index contributed by atoms with van der Waals surface area (Å²) < 4.78 is 139. The fraction of sp³-hybridized carbons (Fsp3) is 0.100. The molecule has 0 amide bonds. The minimum Gasteiger partial charge on any atom is -0.204 e. The summed E-state index contributed by atoms with van der Waals surface area (Å²) in [6, 6.07) is 7.61. The Kier molecular flexibility index (Phi) is 6.33. The van der Waals surface area contributed by atoms with Gasteiger partial charge in [-0.25, -0.2) is 43.9 Å². The van der Waals surface area contributed by atoms with Crippen LogP contribution in [-0.4, -0.2) is 6.71 Å². The lowest BCUT2D eigenvalue weighted by Gasteiger charge is -2.19. The zero-order valence-corrected chi connectivity index (χ0v) is 15.2. The minimum absolute atomic E-state index is 0.246. The maximum absolute atomic E-state index is 14.4. The van der Waals surface area contributed by atoms with Crippen LogP contribution in [0, 0.1) is 58.2 Å². The zero-order valence-electron chi connectivity index (χ0n) is 15.2. The highest BCUT2D eigenvalue weighted by molar-refractivity contribution is 6.85. The van der Waals surface area contributed by atoms with Crippen LogP contribution in [0.4, 0.5) is 43.9 Å². The zero-order chi connectivity index (χ0) is 23.0. The van der Waals surface area contributed by atoms with Gasteiger partial charge in [0, 0.05) is 10.9 Å². The molecule has 0 bridgehead atoms. The maximum Gasteiger partial charge on any atom is 0.225 e. The lowest BCUT2D eigenvalue weighted by atomic mass is 9.37. The smallest absolute Gasteiger partial charge is 0.204 e.